The number of aryl methyl sites for hydroxylation is 1. The molecule has 23 heavy (non-hydrogen) atoms. The fraction of sp³-hybridized carbons (Fsp3) is 0.125. The zero-order valence-electron chi connectivity index (χ0n) is 12.2. The highest BCUT2D eigenvalue weighted by Crippen LogP contribution is 2.23. The molecule has 2 amide bonds. The largest absolute Gasteiger partial charge is 0.483 e. The Morgan fingerprint density at radius 1 is 1.26 bits per heavy atom. The van der Waals surface area contributed by atoms with Gasteiger partial charge in [-0.05, 0) is 48.9 Å². The van der Waals surface area contributed by atoms with E-state index in [1.54, 1.807) is 12.1 Å². The van der Waals surface area contributed by atoms with Crippen LogP contribution in [0.5, 0.6) is 5.75 Å². The van der Waals surface area contributed by atoms with Gasteiger partial charge >= 0.3 is 0 Å². The maximum Gasteiger partial charge on any atom is 0.262 e. The number of nitrogens with one attached hydrogen (secondary N) is 1. The standard InChI is InChI=1S/C16H14BrClN2O3/c1-9-6-10(17)2-4-13(9)20-15(21)8-23-14-5-3-11(18)7-12(14)16(19)22/h2-7H,8H2,1H3,(H2,19,22)(H,20,21). The highest BCUT2D eigenvalue weighted by molar-refractivity contribution is 9.10. The third kappa shape index (κ3) is 4.71. The normalized spacial score (nSPS) is 10.2. The topological polar surface area (TPSA) is 81.4 Å². The molecule has 3 N–H and O–H groups in total. The van der Waals surface area contributed by atoms with Crippen LogP contribution in [0, 0.1) is 6.92 Å². The molecule has 0 saturated heterocycles. The average Bonchev–Trinajstić information content (AvgIpc) is 2.48. The summed E-state index contributed by atoms with van der Waals surface area (Å²) in [7, 11) is 0. The van der Waals surface area contributed by atoms with Gasteiger partial charge in [0, 0.05) is 15.2 Å². The number of rotatable bonds is 5. The summed E-state index contributed by atoms with van der Waals surface area (Å²) in [6.45, 7) is 1.63. The predicted octanol–water partition coefficient (Wildman–Crippen LogP) is 3.53. The molecule has 0 fully saturated rings. The SMILES string of the molecule is Cc1cc(Br)ccc1NC(=O)COc1ccc(Cl)cc1C(N)=O. The van der Waals surface area contributed by atoms with Gasteiger partial charge in [0.05, 0.1) is 5.56 Å². The van der Waals surface area contributed by atoms with Crippen LogP contribution in [0.15, 0.2) is 40.9 Å². The van der Waals surface area contributed by atoms with E-state index in [4.69, 9.17) is 22.1 Å². The number of carbonyl (C=O) groups is 2. The number of primary amides is 1. The van der Waals surface area contributed by atoms with Gasteiger partial charge in [-0.25, -0.2) is 0 Å². The van der Waals surface area contributed by atoms with E-state index in [-0.39, 0.29) is 23.8 Å². The number of anilines is 1. The highest BCUT2D eigenvalue weighted by atomic mass is 79.9. The molecule has 0 radical (unpaired) electrons. The van der Waals surface area contributed by atoms with Crippen LogP contribution in [0.3, 0.4) is 0 Å². The van der Waals surface area contributed by atoms with Gasteiger partial charge in [0.25, 0.3) is 11.8 Å². The zero-order valence-corrected chi connectivity index (χ0v) is 14.6. The van der Waals surface area contributed by atoms with Crippen molar-refractivity contribution in [1.82, 2.24) is 0 Å². The van der Waals surface area contributed by atoms with Gasteiger partial charge in [-0.3, -0.25) is 9.59 Å². The lowest BCUT2D eigenvalue weighted by Crippen LogP contribution is -2.22. The Morgan fingerprint density at radius 3 is 2.65 bits per heavy atom. The van der Waals surface area contributed by atoms with Gasteiger partial charge < -0.3 is 15.8 Å². The molecule has 0 spiro atoms. The van der Waals surface area contributed by atoms with Crippen LogP contribution in [0.25, 0.3) is 0 Å². The molecule has 0 heterocycles. The number of amides is 2. The van der Waals surface area contributed by atoms with Crippen LogP contribution < -0.4 is 15.8 Å². The summed E-state index contributed by atoms with van der Waals surface area (Å²) in [4.78, 5) is 23.3. The van der Waals surface area contributed by atoms with Crippen molar-refractivity contribution in [3.8, 4) is 5.75 Å². The van der Waals surface area contributed by atoms with Crippen molar-refractivity contribution < 1.29 is 14.3 Å². The monoisotopic (exact) mass is 396 g/mol. The van der Waals surface area contributed by atoms with Crippen LogP contribution in [-0.2, 0) is 4.79 Å². The van der Waals surface area contributed by atoms with Crippen molar-refractivity contribution in [3.05, 3.63) is 57.0 Å². The van der Waals surface area contributed by atoms with Crippen molar-refractivity contribution in [2.45, 2.75) is 6.92 Å². The summed E-state index contributed by atoms with van der Waals surface area (Å²) in [6, 6.07) is 9.96. The predicted molar refractivity (Wildman–Crippen MR) is 93.0 cm³/mol. The number of halogens is 2. The van der Waals surface area contributed by atoms with Gasteiger partial charge in [-0.2, -0.15) is 0 Å². The number of hydrogen-bond acceptors (Lipinski definition) is 3. The Bertz CT molecular complexity index is 765. The first-order valence-corrected chi connectivity index (χ1v) is 7.82. The van der Waals surface area contributed by atoms with Gasteiger partial charge in [0.15, 0.2) is 6.61 Å². The molecular formula is C16H14BrClN2O3. The summed E-state index contributed by atoms with van der Waals surface area (Å²) >= 11 is 9.17. The van der Waals surface area contributed by atoms with Crippen molar-refractivity contribution >= 4 is 45.0 Å². The Hall–Kier alpha value is -2.05. The smallest absolute Gasteiger partial charge is 0.262 e. The first-order valence-electron chi connectivity index (χ1n) is 6.65. The van der Waals surface area contributed by atoms with E-state index in [0.717, 1.165) is 10.0 Å². The summed E-state index contributed by atoms with van der Waals surface area (Å²) in [5, 5.41) is 3.10. The van der Waals surface area contributed by atoms with E-state index in [1.165, 1.54) is 12.1 Å². The maximum absolute atomic E-state index is 12.0. The fourth-order valence-electron chi connectivity index (χ4n) is 1.92. The van der Waals surface area contributed by atoms with Gasteiger partial charge in [0.1, 0.15) is 5.75 Å². The Kier molecular flexibility index (Phi) is 5.63. The van der Waals surface area contributed by atoms with E-state index < -0.39 is 5.91 Å². The molecule has 2 aromatic rings. The number of nitrogens with two attached hydrogens (primary N) is 1. The average molecular weight is 398 g/mol. The Morgan fingerprint density at radius 2 is 2.00 bits per heavy atom. The van der Waals surface area contributed by atoms with Crippen molar-refractivity contribution in [2.24, 2.45) is 5.73 Å². The first-order chi connectivity index (χ1) is 10.9. The van der Waals surface area contributed by atoms with Crippen molar-refractivity contribution in [3.63, 3.8) is 0 Å². The molecule has 0 aromatic heterocycles. The molecule has 0 aliphatic heterocycles. The van der Waals surface area contributed by atoms with Crippen LogP contribution in [0.4, 0.5) is 5.69 Å². The van der Waals surface area contributed by atoms with Crippen LogP contribution >= 0.6 is 27.5 Å². The molecule has 5 nitrogen and oxygen atoms in total. The van der Waals surface area contributed by atoms with E-state index in [1.807, 2.05) is 19.1 Å². The third-order valence-electron chi connectivity index (χ3n) is 3.03. The number of hydrogen-bond donors (Lipinski definition) is 2. The third-order valence-corrected chi connectivity index (χ3v) is 3.76. The van der Waals surface area contributed by atoms with Gasteiger partial charge in [-0.1, -0.05) is 27.5 Å². The van der Waals surface area contributed by atoms with Crippen molar-refractivity contribution in [1.29, 1.82) is 0 Å². The number of ether oxygens (including phenoxy) is 1. The Balaban J connectivity index is 2.03. The molecule has 0 saturated carbocycles. The van der Waals surface area contributed by atoms with E-state index >= 15 is 0 Å². The lowest BCUT2D eigenvalue weighted by molar-refractivity contribution is -0.118. The quantitative estimate of drug-likeness (QED) is 0.810. The Labute approximate surface area is 146 Å². The molecular weight excluding hydrogens is 384 g/mol. The summed E-state index contributed by atoms with van der Waals surface area (Å²) in [6.07, 6.45) is 0. The molecule has 0 atom stereocenters. The van der Waals surface area contributed by atoms with Crippen LogP contribution in [0.2, 0.25) is 5.02 Å². The minimum atomic E-state index is -0.674. The summed E-state index contributed by atoms with van der Waals surface area (Å²) in [5.74, 6) is -0.808. The fourth-order valence-corrected chi connectivity index (χ4v) is 2.57. The molecule has 0 aliphatic rings. The maximum atomic E-state index is 12.0. The second kappa shape index (κ2) is 7.48. The highest BCUT2D eigenvalue weighted by Gasteiger charge is 2.12. The van der Waals surface area contributed by atoms with Crippen LogP contribution in [-0.4, -0.2) is 18.4 Å². The van der Waals surface area contributed by atoms with E-state index in [2.05, 4.69) is 21.2 Å². The molecule has 0 unspecified atom stereocenters. The van der Waals surface area contributed by atoms with Gasteiger partial charge in [-0.15, -0.1) is 0 Å². The minimum Gasteiger partial charge on any atom is -0.483 e. The molecule has 0 bridgehead atoms. The first kappa shape index (κ1) is 17.3. The number of benzene rings is 2. The molecule has 0 aliphatic carbocycles. The second-order valence-electron chi connectivity index (χ2n) is 4.80. The lowest BCUT2D eigenvalue weighted by Gasteiger charge is -2.11. The van der Waals surface area contributed by atoms with E-state index in [0.29, 0.717) is 10.7 Å². The molecule has 7 heteroatoms. The number of carbonyl (C=O) groups excluding carboxylic acids is 2. The summed E-state index contributed by atoms with van der Waals surface area (Å²) in [5.41, 5.74) is 7.00. The molecule has 2 rings (SSSR count). The lowest BCUT2D eigenvalue weighted by atomic mass is 10.2. The van der Waals surface area contributed by atoms with Gasteiger partial charge in [0.2, 0.25) is 0 Å². The zero-order chi connectivity index (χ0) is 17.0. The minimum absolute atomic E-state index is 0.130. The molecule has 2 aromatic carbocycles. The summed E-state index contributed by atoms with van der Waals surface area (Å²) < 4.78 is 6.30. The second-order valence-corrected chi connectivity index (χ2v) is 6.15. The van der Waals surface area contributed by atoms with Crippen LogP contribution in [0.1, 0.15) is 15.9 Å². The van der Waals surface area contributed by atoms with Crippen molar-refractivity contribution in [2.75, 3.05) is 11.9 Å². The molecule has 120 valence electrons. The van der Waals surface area contributed by atoms with E-state index in [9.17, 15) is 9.59 Å².